The van der Waals surface area contributed by atoms with Crippen LogP contribution in [0.4, 0.5) is 0 Å². The van der Waals surface area contributed by atoms with E-state index in [2.05, 4.69) is 18.3 Å². The molecule has 26 heavy (non-hydrogen) atoms. The molecule has 1 amide bonds. The molecular weight excluding hydrogens is 326 g/mol. The molecule has 0 unspecified atom stereocenters. The topological polar surface area (TPSA) is 47.6 Å². The van der Waals surface area contributed by atoms with Crippen molar-refractivity contribution in [3.8, 4) is 11.5 Å². The van der Waals surface area contributed by atoms with Gasteiger partial charge in [0.05, 0.1) is 13.2 Å². The average Bonchev–Trinajstić information content (AvgIpc) is 2.62. The third-order valence-electron chi connectivity index (χ3n) is 4.56. The molecule has 0 fully saturated rings. The van der Waals surface area contributed by atoms with Gasteiger partial charge >= 0.3 is 0 Å². The second-order valence-corrected chi connectivity index (χ2v) is 6.73. The zero-order chi connectivity index (χ0) is 19.3. The summed E-state index contributed by atoms with van der Waals surface area (Å²) < 4.78 is 11.2. The molecule has 2 aromatic carbocycles. The van der Waals surface area contributed by atoms with E-state index in [1.807, 2.05) is 51.1 Å². The molecular formula is C22H29NO3. The summed E-state index contributed by atoms with van der Waals surface area (Å²) in [7, 11) is 1.66. The molecule has 0 saturated carbocycles. The number of aryl methyl sites for hydroxylation is 3. The lowest BCUT2D eigenvalue weighted by Crippen LogP contribution is -2.38. The first-order valence-corrected chi connectivity index (χ1v) is 9.04. The summed E-state index contributed by atoms with van der Waals surface area (Å²) >= 11 is 0. The molecule has 2 aromatic rings. The number of amides is 1. The van der Waals surface area contributed by atoms with Gasteiger partial charge in [0.1, 0.15) is 11.5 Å². The molecule has 0 radical (unpaired) electrons. The normalized spacial score (nSPS) is 13.0. The number of methoxy groups -OCH3 is 1. The van der Waals surface area contributed by atoms with E-state index in [9.17, 15) is 4.79 Å². The van der Waals surface area contributed by atoms with Crippen LogP contribution in [0.15, 0.2) is 36.4 Å². The Hall–Kier alpha value is -2.49. The molecule has 4 heteroatoms. The minimum Gasteiger partial charge on any atom is -0.496 e. The fourth-order valence-corrected chi connectivity index (χ4v) is 2.91. The minimum atomic E-state index is -0.566. The zero-order valence-corrected chi connectivity index (χ0v) is 16.6. The first kappa shape index (κ1) is 19.8. The Morgan fingerprint density at radius 1 is 1.04 bits per heavy atom. The molecule has 0 spiro atoms. The van der Waals surface area contributed by atoms with Crippen molar-refractivity contribution in [2.75, 3.05) is 7.11 Å². The van der Waals surface area contributed by atoms with Crippen LogP contribution < -0.4 is 14.8 Å². The highest BCUT2D eigenvalue weighted by Crippen LogP contribution is 2.25. The molecule has 2 atom stereocenters. The Balaban J connectivity index is 2.08. The smallest absolute Gasteiger partial charge is 0.261 e. The predicted molar refractivity (Wildman–Crippen MR) is 105 cm³/mol. The van der Waals surface area contributed by atoms with E-state index in [0.29, 0.717) is 0 Å². The lowest BCUT2D eigenvalue weighted by Gasteiger charge is -2.22. The van der Waals surface area contributed by atoms with Gasteiger partial charge in [-0.3, -0.25) is 4.79 Å². The molecule has 0 saturated heterocycles. The second kappa shape index (κ2) is 8.75. The molecule has 0 aliphatic heterocycles. The van der Waals surface area contributed by atoms with Crippen molar-refractivity contribution >= 4 is 5.91 Å². The first-order chi connectivity index (χ1) is 12.3. The Labute approximate surface area is 156 Å². The monoisotopic (exact) mass is 355 g/mol. The van der Waals surface area contributed by atoms with E-state index in [0.717, 1.165) is 40.2 Å². The summed E-state index contributed by atoms with van der Waals surface area (Å²) in [5.74, 6) is 1.48. The molecule has 2 rings (SSSR count). The Kier molecular flexibility index (Phi) is 6.67. The van der Waals surface area contributed by atoms with E-state index >= 15 is 0 Å². The van der Waals surface area contributed by atoms with Crippen LogP contribution in [0.25, 0.3) is 0 Å². The lowest BCUT2D eigenvalue weighted by atomic mass is 10.0. The average molecular weight is 355 g/mol. The van der Waals surface area contributed by atoms with Crippen LogP contribution in [-0.2, 0) is 4.79 Å². The number of ether oxygens (including phenoxy) is 2. The molecule has 0 heterocycles. The van der Waals surface area contributed by atoms with Gasteiger partial charge in [-0.25, -0.2) is 0 Å². The van der Waals surface area contributed by atoms with Gasteiger partial charge in [0.15, 0.2) is 6.10 Å². The number of carbonyl (C=O) groups is 1. The highest BCUT2D eigenvalue weighted by molar-refractivity contribution is 5.81. The molecule has 4 nitrogen and oxygen atoms in total. The van der Waals surface area contributed by atoms with Crippen LogP contribution in [-0.4, -0.2) is 19.1 Å². The van der Waals surface area contributed by atoms with Gasteiger partial charge in [-0.1, -0.05) is 31.2 Å². The van der Waals surface area contributed by atoms with E-state index < -0.39 is 6.10 Å². The fraction of sp³-hybridized carbons (Fsp3) is 0.409. The maximum Gasteiger partial charge on any atom is 0.261 e. The van der Waals surface area contributed by atoms with Crippen molar-refractivity contribution in [3.63, 3.8) is 0 Å². The van der Waals surface area contributed by atoms with Crippen molar-refractivity contribution in [2.45, 2.75) is 53.2 Å². The summed E-state index contributed by atoms with van der Waals surface area (Å²) in [6.45, 7) is 9.83. The standard InChI is InChI=1S/C22H29NO3/c1-7-19(18-10-11-20(25-6)16(4)13-18)23-22(24)17(5)26-21-12-14(2)8-9-15(21)3/h8-13,17,19H,7H2,1-6H3,(H,23,24)/t17-,19-/m1/s1. The third kappa shape index (κ3) is 4.78. The minimum absolute atomic E-state index is 0.0586. The Morgan fingerprint density at radius 3 is 2.38 bits per heavy atom. The Morgan fingerprint density at radius 2 is 1.77 bits per heavy atom. The summed E-state index contributed by atoms with van der Waals surface area (Å²) in [4.78, 5) is 12.6. The van der Waals surface area contributed by atoms with Gasteiger partial charge in [-0.15, -0.1) is 0 Å². The van der Waals surface area contributed by atoms with Crippen molar-refractivity contribution in [1.29, 1.82) is 0 Å². The number of rotatable bonds is 7. The SMILES string of the molecule is CC[C@@H](NC(=O)[C@@H](C)Oc1cc(C)ccc1C)c1ccc(OC)c(C)c1. The number of carbonyl (C=O) groups excluding carboxylic acids is 1. The molecule has 0 aliphatic carbocycles. The van der Waals surface area contributed by atoms with Crippen LogP contribution in [0.3, 0.4) is 0 Å². The quantitative estimate of drug-likeness (QED) is 0.786. The van der Waals surface area contributed by atoms with Crippen LogP contribution in [0.1, 0.15) is 48.6 Å². The van der Waals surface area contributed by atoms with E-state index in [1.54, 1.807) is 14.0 Å². The number of hydrogen-bond acceptors (Lipinski definition) is 3. The lowest BCUT2D eigenvalue weighted by molar-refractivity contribution is -0.128. The molecule has 0 aliphatic rings. The number of benzene rings is 2. The van der Waals surface area contributed by atoms with Crippen LogP contribution in [0.5, 0.6) is 11.5 Å². The van der Waals surface area contributed by atoms with Crippen LogP contribution in [0.2, 0.25) is 0 Å². The Bertz CT molecular complexity index is 770. The van der Waals surface area contributed by atoms with Gasteiger partial charge in [-0.2, -0.15) is 0 Å². The van der Waals surface area contributed by atoms with Crippen LogP contribution >= 0.6 is 0 Å². The van der Waals surface area contributed by atoms with E-state index in [-0.39, 0.29) is 11.9 Å². The fourth-order valence-electron chi connectivity index (χ4n) is 2.91. The molecule has 0 aromatic heterocycles. The van der Waals surface area contributed by atoms with Crippen molar-refractivity contribution < 1.29 is 14.3 Å². The summed E-state index contributed by atoms with van der Waals surface area (Å²) in [6.07, 6.45) is 0.233. The molecule has 0 bridgehead atoms. The molecule has 1 N–H and O–H groups in total. The van der Waals surface area contributed by atoms with Gasteiger partial charge in [0.25, 0.3) is 5.91 Å². The van der Waals surface area contributed by atoms with Crippen molar-refractivity contribution in [3.05, 3.63) is 58.7 Å². The van der Waals surface area contributed by atoms with Crippen molar-refractivity contribution in [1.82, 2.24) is 5.32 Å². The predicted octanol–water partition coefficient (Wildman–Crippen LogP) is 4.66. The van der Waals surface area contributed by atoms with Gasteiger partial charge in [0.2, 0.25) is 0 Å². The van der Waals surface area contributed by atoms with Crippen molar-refractivity contribution in [2.24, 2.45) is 0 Å². The second-order valence-electron chi connectivity index (χ2n) is 6.73. The maximum atomic E-state index is 12.6. The summed E-state index contributed by atoms with van der Waals surface area (Å²) in [6, 6.07) is 11.9. The van der Waals surface area contributed by atoms with Gasteiger partial charge in [0, 0.05) is 0 Å². The van der Waals surface area contributed by atoms with E-state index in [1.165, 1.54) is 0 Å². The zero-order valence-electron chi connectivity index (χ0n) is 16.6. The van der Waals surface area contributed by atoms with Gasteiger partial charge in [-0.05, 0) is 68.5 Å². The number of nitrogens with one attached hydrogen (secondary N) is 1. The molecule has 140 valence electrons. The maximum absolute atomic E-state index is 12.6. The van der Waals surface area contributed by atoms with Crippen LogP contribution in [0, 0.1) is 20.8 Å². The summed E-state index contributed by atoms with van der Waals surface area (Å²) in [5.41, 5.74) is 4.25. The summed E-state index contributed by atoms with van der Waals surface area (Å²) in [5, 5.41) is 3.10. The highest BCUT2D eigenvalue weighted by Gasteiger charge is 2.20. The largest absolute Gasteiger partial charge is 0.496 e. The first-order valence-electron chi connectivity index (χ1n) is 9.04. The van der Waals surface area contributed by atoms with Gasteiger partial charge < -0.3 is 14.8 Å². The highest BCUT2D eigenvalue weighted by atomic mass is 16.5. The van der Waals surface area contributed by atoms with E-state index in [4.69, 9.17) is 9.47 Å². The number of hydrogen-bond donors (Lipinski definition) is 1. The third-order valence-corrected chi connectivity index (χ3v) is 4.56.